The molecule has 3 nitrogen and oxygen atoms in total. The van der Waals surface area contributed by atoms with Crippen molar-refractivity contribution >= 4 is 5.78 Å². The number of benzene rings is 1. The molecule has 0 aromatic heterocycles. The van der Waals surface area contributed by atoms with Crippen LogP contribution < -0.4 is 0 Å². The number of ketones is 1. The molecule has 1 fully saturated rings. The van der Waals surface area contributed by atoms with Crippen LogP contribution in [0.5, 0.6) is 0 Å². The van der Waals surface area contributed by atoms with Crippen molar-refractivity contribution in [2.24, 2.45) is 0 Å². The highest BCUT2D eigenvalue weighted by Crippen LogP contribution is 2.29. The van der Waals surface area contributed by atoms with Crippen molar-refractivity contribution in [2.45, 2.75) is 45.3 Å². The van der Waals surface area contributed by atoms with Crippen molar-refractivity contribution in [2.75, 3.05) is 6.54 Å². The maximum Gasteiger partial charge on any atom is 0.136 e. The number of Topliss-reactive ketones (excluding diaryl/α,β-unsaturated/α-hetero) is 1. The third kappa shape index (κ3) is 2.98. The number of rotatable bonds is 3. The lowest BCUT2D eigenvalue weighted by molar-refractivity contribution is -0.251. The summed E-state index contributed by atoms with van der Waals surface area (Å²) in [5, 5.41) is 1.96. The lowest BCUT2D eigenvalue weighted by atomic mass is 9.92. The fourth-order valence-electron chi connectivity index (χ4n) is 2.36. The van der Waals surface area contributed by atoms with Crippen LogP contribution in [0.2, 0.25) is 0 Å². The van der Waals surface area contributed by atoms with Gasteiger partial charge in [0.05, 0.1) is 0 Å². The lowest BCUT2D eigenvalue weighted by Crippen LogP contribution is -2.50. The SMILES string of the molecule is CC(ON1CCC(=O)CC1(C)C)c1ccccc1. The van der Waals surface area contributed by atoms with Gasteiger partial charge in [0.1, 0.15) is 11.9 Å². The summed E-state index contributed by atoms with van der Waals surface area (Å²) in [5.41, 5.74) is 0.948. The van der Waals surface area contributed by atoms with Gasteiger partial charge in [0, 0.05) is 24.9 Å². The number of hydroxylamine groups is 2. The molecule has 1 aliphatic heterocycles. The van der Waals surface area contributed by atoms with Crippen molar-refractivity contribution in [3.63, 3.8) is 0 Å². The van der Waals surface area contributed by atoms with Gasteiger partial charge in [0.25, 0.3) is 0 Å². The summed E-state index contributed by atoms with van der Waals surface area (Å²) in [5.74, 6) is 0.326. The van der Waals surface area contributed by atoms with E-state index in [2.05, 4.69) is 26.0 Å². The van der Waals surface area contributed by atoms with Crippen LogP contribution in [0.3, 0.4) is 0 Å². The zero-order valence-electron chi connectivity index (χ0n) is 11.3. The molecule has 1 heterocycles. The smallest absolute Gasteiger partial charge is 0.136 e. The van der Waals surface area contributed by atoms with E-state index in [1.807, 2.05) is 30.2 Å². The maximum absolute atomic E-state index is 11.5. The van der Waals surface area contributed by atoms with E-state index in [1.54, 1.807) is 0 Å². The summed E-state index contributed by atoms with van der Waals surface area (Å²) in [6, 6.07) is 10.2. The first kappa shape index (κ1) is 13.2. The van der Waals surface area contributed by atoms with Crippen LogP contribution >= 0.6 is 0 Å². The predicted octanol–water partition coefficient (Wildman–Crippen LogP) is 3.12. The van der Waals surface area contributed by atoms with Crippen LogP contribution in [-0.2, 0) is 9.63 Å². The molecule has 0 bridgehead atoms. The molecule has 0 saturated carbocycles. The van der Waals surface area contributed by atoms with Gasteiger partial charge in [0.2, 0.25) is 0 Å². The molecule has 3 heteroatoms. The molecular formula is C15H21NO2. The highest BCUT2D eigenvalue weighted by atomic mass is 16.7. The van der Waals surface area contributed by atoms with Crippen molar-refractivity contribution in [1.29, 1.82) is 0 Å². The third-order valence-corrected chi connectivity index (χ3v) is 3.45. The molecular weight excluding hydrogens is 226 g/mol. The van der Waals surface area contributed by atoms with Crippen LogP contribution in [-0.4, -0.2) is 22.9 Å². The van der Waals surface area contributed by atoms with Gasteiger partial charge in [-0.25, -0.2) is 0 Å². The largest absolute Gasteiger partial charge is 0.300 e. The molecule has 1 aromatic rings. The number of hydrogen-bond acceptors (Lipinski definition) is 3. The van der Waals surface area contributed by atoms with E-state index in [0.29, 0.717) is 25.2 Å². The normalized spacial score (nSPS) is 21.8. The van der Waals surface area contributed by atoms with E-state index in [4.69, 9.17) is 4.84 Å². The monoisotopic (exact) mass is 247 g/mol. The molecule has 0 spiro atoms. The second-order valence-electron chi connectivity index (χ2n) is 5.54. The van der Waals surface area contributed by atoms with Crippen molar-refractivity contribution in [1.82, 2.24) is 5.06 Å². The molecule has 1 aromatic carbocycles. The molecule has 0 amide bonds. The molecule has 1 saturated heterocycles. The minimum absolute atomic E-state index is 0.0127. The van der Waals surface area contributed by atoms with Crippen LogP contribution in [0.1, 0.15) is 45.3 Å². The van der Waals surface area contributed by atoms with Gasteiger partial charge >= 0.3 is 0 Å². The quantitative estimate of drug-likeness (QED) is 0.822. The van der Waals surface area contributed by atoms with Gasteiger partial charge in [0.15, 0.2) is 0 Å². The molecule has 98 valence electrons. The van der Waals surface area contributed by atoms with E-state index < -0.39 is 0 Å². The fourth-order valence-corrected chi connectivity index (χ4v) is 2.36. The highest BCUT2D eigenvalue weighted by Gasteiger charge is 2.35. The summed E-state index contributed by atoms with van der Waals surface area (Å²) in [7, 11) is 0. The summed E-state index contributed by atoms with van der Waals surface area (Å²) < 4.78 is 0. The van der Waals surface area contributed by atoms with Gasteiger partial charge in [-0.1, -0.05) is 30.3 Å². The van der Waals surface area contributed by atoms with E-state index in [0.717, 1.165) is 5.56 Å². The Labute approximate surface area is 109 Å². The number of hydrogen-bond donors (Lipinski definition) is 0. The minimum atomic E-state index is -0.210. The summed E-state index contributed by atoms with van der Waals surface area (Å²) in [4.78, 5) is 17.5. The Hall–Kier alpha value is -1.19. The second kappa shape index (κ2) is 5.21. The maximum atomic E-state index is 11.5. The zero-order valence-corrected chi connectivity index (χ0v) is 11.3. The van der Waals surface area contributed by atoms with Crippen LogP contribution in [0.15, 0.2) is 30.3 Å². The van der Waals surface area contributed by atoms with Crippen molar-refractivity contribution in [3.05, 3.63) is 35.9 Å². The van der Waals surface area contributed by atoms with Crippen LogP contribution in [0, 0.1) is 0 Å². The van der Waals surface area contributed by atoms with Crippen LogP contribution in [0.25, 0.3) is 0 Å². The third-order valence-electron chi connectivity index (χ3n) is 3.45. The fraction of sp³-hybridized carbons (Fsp3) is 0.533. The van der Waals surface area contributed by atoms with E-state index in [-0.39, 0.29) is 11.6 Å². The number of nitrogens with zero attached hydrogens (tertiary/aromatic N) is 1. The standard InChI is InChI=1S/C15H21NO2/c1-12(13-7-5-4-6-8-13)18-16-10-9-14(17)11-15(16,2)3/h4-8,12H,9-11H2,1-3H3. The van der Waals surface area contributed by atoms with Crippen molar-refractivity contribution < 1.29 is 9.63 Å². The average Bonchev–Trinajstić information content (AvgIpc) is 2.33. The summed E-state index contributed by atoms with van der Waals surface area (Å²) in [6.45, 7) is 6.84. The summed E-state index contributed by atoms with van der Waals surface area (Å²) in [6.07, 6.45) is 1.16. The minimum Gasteiger partial charge on any atom is -0.300 e. The van der Waals surface area contributed by atoms with Crippen LogP contribution in [0.4, 0.5) is 0 Å². The molecule has 0 N–H and O–H groups in total. The average molecular weight is 247 g/mol. The van der Waals surface area contributed by atoms with E-state index in [9.17, 15) is 4.79 Å². The molecule has 0 radical (unpaired) electrons. The first-order valence-corrected chi connectivity index (χ1v) is 6.50. The summed E-state index contributed by atoms with van der Waals surface area (Å²) >= 11 is 0. The Balaban J connectivity index is 2.03. The Morgan fingerprint density at radius 1 is 1.28 bits per heavy atom. The zero-order chi connectivity index (χ0) is 13.2. The van der Waals surface area contributed by atoms with Gasteiger partial charge < -0.3 is 0 Å². The van der Waals surface area contributed by atoms with E-state index >= 15 is 0 Å². The number of carbonyl (C=O) groups is 1. The van der Waals surface area contributed by atoms with Gasteiger partial charge in [-0.2, -0.15) is 5.06 Å². The Bertz CT molecular complexity index is 414. The van der Waals surface area contributed by atoms with Crippen molar-refractivity contribution in [3.8, 4) is 0 Å². The van der Waals surface area contributed by atoms with Gasteiger partial charge in [-0.15, -0.1) is 0 Å². The molecule has 1 unspecified atom stereocenters. The highest BCUT2D eigenvalue weighted by molar-refractivity contribution is 5.80. The van der Waals surface area contributed by atoms with Gasteiger partial charge in [-0.05, 0) is 26.3 Å². The Kier molecular flexibility index (Phi) is 3.83. The Morgan fingerprint density at radius 2 is 1.94 bits per heavy atom. The molecule has 0 aliphatic carbocycles. The molecule has 18 heavy (non-hydrogen) atoms. The topological polar surface area (TPSA) is 29.5 Å². The number of piperidine rings is 1. The Morgan fingerprint density at radius 3 is 2.56 bits per heavy atom. The van der Waals surface area contributed by atoms with Gasteiger partial charge in [-0.3, -0.25) is 9.63 Å². The molecule has 1 aliphatic rings. The lowest BCUT2D eigenvalue weighted by Gasteiger charge is -2.41. The second-order valence-corrected chi connectivity index (χ2v) is 5.54. The first-order valence-electron chi connectivity index (χ1n) is 6.50. The van der Waals surface area contributed by atoms with E-state index in [1.165, 1.54) is 0 Å². The predicted molar refractivity (Wildman–Crippen MR) is 71.0 cm³/mol. The molecule has 1 atom stereocenters. The molecule has 2 rings (SSSR count). The first-order chi connectivity index (χ1) is 8.49. The number of carbonyl (C=O) groups excluding carboxylic acids is 1.